The third-order valence-corrected chi connectivity index (χ3v) is 4.72. The molecule has 1 heterocycles. The molecule has 1 aromatic carbocycles. The second kappa shape index (κ2) is 12.3. The standard InChI is InChI=1S/C21H32N.ClHO4/c1-4-6-8-10-15-20-18(13-9-7-5-2)17-19-14-11-12-16-21(19)22(20)3;2-1(3,4)5/h11-12,14,16-17H,4-10,13,15H2,1-3H3;(H,2,3,4,5)/q+1;/p-1. The SMILES string of the molecule is CCCCCCc1c(CCCCC)cc2ccccc2[n+]1C.[O-][Cl+3]([O-])([O-])[O-]. The molecule has 0 aliphatic carbocycles. The van der Waals surface area contributed by atoms with E-state index >= 15 is 0 Å². The van der Waals surface area contributed by atoms with Crippen molar-refractivity contribution in [3.63, 3.8) is 0 Å². The van der Waals surface area contributed by atoms with Crippen LogP contribution in [0.1, 0.15) is 70.1 Å². The van der Waals surface area contributed by atoms with Crippen LogP contribution in [0.2, 0.25) is 0 Å². The minimum absolute atomic E-state index is 1.22. The Bertz CT molecular complexity index is 680. The minimum atomic E-state index is -4.94. The van der Waals surface area contributed by atoms with Crippen molar-refractivity contribution in [3.8, 4) is 0 Å². The molecular formula is C21H32ClNO4. The van der Waals surface area contributed by atoms with Crippen LogP contribution in [0.4, 0.5) is 0 Å². The highest BCUT2D eigenvalue weighted by Gasteiger charge is 2.17. The summed E-state index contributed by atoms with van der Waals surface area (Å²) in [6, 6.07) is 11.2. The van der Waals surface area contributed by atoms with Crippen molar-refractivity contribution < 1.29 is 33.4 Å². The Hall–Kier alpha value is -1.24. The van der Waals surface area contributed by atoms with E-state index in [2.05, 4.69) is 55.8 Å². The van der Waals surface area contributed by atoms with Crippen molar-refractivity contribution in [2.24, 2.45) is 7.05 Å². The van der Waals surface area contributed by atoms with Crippen LogP contribution in [0.25, 0.3) is 10.9 Å². The van der Waals surface area contributed by atoms with Gasteiger partial charge in [0.2, 0.25) is 5.52 Å². The lowest BCUT2D eigenvalue weighted by Crippen LogP contribution is -2.68. The lowest BCUT2D eigenvalue weighted by Gasteiger charge is -2.17. The molecule has 27 heavy (non-hydrogen) atoms. The van der Waals surface area contributed by atoms with Crippen LogP contribution in [0.15, 0.2) is 30.3 Å². The number of pyridine rings is 1. The van der Waals surface area contributed by atoms with Crippen LogP contribution in [0.3, 0.4) is 0 Å². The van der Waals surface area contributed by atoms with E-state index < -0.39 is 10.2 Å². The van der Waals surface area contributed by atoms with E-state index in [0.717, 1.165) is 0 Å². The third kappa shape index (κ3) is 9.49. The molecule has 0 bridgehead atoms. The second-order valence-corrected chi connectivity index (χ2v) is 7.64. The van der Waals surface area contributed by atoms with E-state index in [0.29, 0.717) is 0 Å². The fraction of sp³-hybridized carbons (Fsp3) is 0.571. The zero-order chi connectivity index (χ0) is 20.3. The van der Waals surface area contributed by atoms with E-state index in [1.807, 2.05) is 0 Å². The summed E-state index contributed by atoms with van der Waals surface area (Å²) in [7, 11) is -2.69. The molecule has 0 N–H and O–H groups in total. The fourth-order valence-electron chi connectivity index (χ4n) is 3.38. The molecule has 152 valence electrons. The maximum absolute atomic E-state index is 8.49. The number of hydrogen-bond acceptors (Lipinski definition) is 4. The Morgan fingerprint density at radius 3 is 2.00 bits per heavy atom. The van der Waals surface area contributed by atoms with Gasteiger partial charge in [0, 0.05) is 23.4 Å². The number of aryl methyl sites for hydroxylation is 2. The molecule has 6 heteroatoms. The highest BCUT2D eigenvalue weighted by Crippen LogP contribution is 2.19. The highest BCUT2D eigenvalue weighted by molar-refractivity contribution is 5.76. The third-order valence-electron chi connectivity index (χ3n) is 4.72. The molecule has 0 unspecified atom stereocenters. The number of unbranched alkanes of at least 4 members (excludes halogenated alkanes) is 5. The predicted molar refractivity (Wildman–Crippen MR) is 96.2 cm³/mol. The van der Waals surface area contributed by atoms with E-state index in [-0.39, 0.29) is 0 Å². The summed E-state index contributed by atoms with van der Waals surface area (Å²) in [4.78, 5) is 0. The molecule has 5 nitrogen and oxygen atoms in total. The largest absolute Gasteiger partial charge is 0.222 e. The first-order valence-corrected chi connectivity index (χ1v) is 11.0. The van der Waals surface area contributed by atoms with Crippen LogP contribution in [0, 0.1) is 10.2 Å². The molecule has 0 atom stereocenters. The number of rotatable bonds is 9. The Morgan fingerprint density at radius 1 is 0.815 bits per heavy atom. The van der Waals surface area contributed by atoms with Gasteiger partial charge in [-0.1, -0.05) is 58.1 Å². The van der Waals surface area contributed by atoms with Crippen molar-refractivity contribution in [3.05, 3.63) is 41.6 Å². The lowest BCUT2D eigenvalue weighted by atomic mass is 9.99. The minimum Gasteiger partial charge on any atom is -0.222 e. The number of fused-ring (bicyclic) bond motifs is 1. The Labute approximate surface area is 165 Å². The summed E-state index contributed by atoms with van der Waals surface area (Å²) in [5, 5.41) is 1.38. The molecule has 0 radical (unpaired) electrons. The first-order valence-electron chi connectivity index (χ1n) is 9.79. The van der Waals surface area contributed by atoms with Gasteiger partial charge in [0.05, 0.1) is 0 Å². The van der Waals surface area contributed by atoms with Gasteiger partial charge in [-0.05, 0) is 31.4 Å². The van der Waals surface area contributed by atoms with Gasteiger partial charge in [-0.25, -0.2) is 18.6 Å². The molecule has 0 aliphatic rings. The lowest BCUT2D eigenvalue weighted by molar-refractivity contribution is -2.00. The molecule has 0 spiro atoms. The molecular weight excluding hydrogens is 366 g/mol. The van der Waals surface area contributed by atoms with Gasteiger partial charge in [0.15, 0.2) is 5.69 Å². The van der Waals surface area contributed by atoms with E-state index in [9.17, 15) is 0 Å². The average molecular weight is 398 g/mol. The van der Waals surface area contributed by atoms with Crippen molar-refractivity contribution in [2.45, 2.75) is 71.6 Å². The van der Waals surface area contributed by atoms with Crippen molar-refractivity contribution in [1.29, 1.82) is 0 Å². The summed E-state index contributed by atoms with van der Waals surface area (Å²) in [5.41, 5.74) is 4.50. The molecule has 2 aromatic rings. The topological polar surface area (TPSA) is 96.1 Å². The van der Waals surface area contributed by atoms with Crippen molar-refractivity contribution in [2.75, 3.05) is 0 Å². The summed E-state index contributed by atoms with van der Waals surface area (Å²) in [5.74, 6) is 0. The van der Waals surface area contributed by atoms with Gasteiger partial charge >= 0.3 is 0 Å². The van der Waals surface area contributed by atoms with Crippen LogP contribution in [0.5, 0.6) is 0 Å². The number of hydrogen-bond donors (Lipinski definition) is 0. The second-order valence-electron chi connectivity index (χ2n) is 6.88. The Balaban J connectivity index is 0.000000646. The van der Waals surface area contributed by atoms with Gasteiger partial charge < -0.3 is 0 Å². The monoisotopic (exact) mass is 397 g/mol. The smallest absolute Gasteiger partial charge is 0.212 e. The Morgan fingerprint density at radius 2 is 1.37 bits per heavy atom. The van der Waals surface area contributed by atoms with Crippen molar-refractivity contribution >= 4 is 10.9 Å². The summed E-state index contributed by atoms with van der Waals surface area (Å²) >= 11 is 0. The van der Waals surface area contributed by atoms with E-state index in [4.69, 9.17) is 18.6 Å². The number of nitrogens with zero attached hydrogens (tertiary/aromatic N) is 1. The van der Waals surface area contributed by atoms with Gasteiger partial charge in [0.1, 0.15) is 7.05 Å². The fourth-order valence-corrected chi connectivity index (χ4v) is 3.38. The number of benzene rings is 1. The predicted octanol–water partition coefficient (Wildman–Crippen LogP) is 0.764. The highest BCUT2D eigenvalue weighted by atomic mass is 35.7. The van der Waals surface area contributed by atoms with Crippen LogP contribution >= 0.6 is 0 Å². The quantitative estimate of drug-likeness (QED) is 0.461. The van der Waals surface area contributed by atoms with Crippen LogP contribution in [-0.2, 0) is 19.9 Å². The van der Waals surface area contributed by atoms with Crippen LogP contribution in [-0.4, -0.2) is 0 Å². The molecule has 0 saturated carbocycles. The average Bonchev–Trinajstić information content (AvgIpc) is 2.59. The first-order chi connectivity index (χ1) is 12.8. The number of halogens is 1. The maximum atomic E-state index is 8.49. The number of aromatic nitrogens is 1. The molecule has 1 aromatic heterocycles. The number of para-hydroxylation sites is 1. The van der Waals surface area contributed by atoms with Gasteiger partial charge in [-0.15, -0.1) is 10.2 Å². The maximum Gasteiger partial charge on any atom is 0.212 e. The zero-order valence-electron chi connectivity index (χ0n) is 16.7. The van der Waals surface area contributed by atoms with Gasteiger partial charge in [-0.2, -0.15) is 4.57 Å². The summed E-state index contributed by atoms with van der Waals surface area (Å²) in [6.45, 7) is 4.57. The Kier molecular flexibility index (Phi) is 10.8. The molecule has 0 saturated heterocycles. The molecule has 2 rings (SSSR count). The molecule has 0 fully saturated rings. The van der Waals surface area contributed by atoms with Crippen LogP contribution < -0.4 is 23.2 Å². The molecule has 0 amide bonds. The van der Waals surface area contributed by atoms with E-state index in [1.54, 1.807) is 11.3 Å². The van der Waals surface area contributed by atoms with E-state index in [1.165, 1.54) is 68.7 Å². The van der Waals surface area contributed by atoms with Gasteiger partial charge in [-0.3, -0.25) is 0 Å². The summed E-state index contributed by atoms with van der Waals surface area (Å²) in [6.07, 6.45) is 11.8. The normalized spacial score (nSPS) is 11.4. The zero-order valence-corrected chi connectivity index (χ0v) is 17.5. The van der Waals surface area contributed by atoms with Crippen molar-refractivity contribution in [1.82, 2.24) is 0 Å². The first kappa shape index (κ1) is 23.8. The van der Waals surface area contributed by atoms with Gasteiger partial charge in [0.25, 0.3) is 0 Å². The molecule has 0 aliphatic heterocycles. The summed E-state index contributed by atoms with van der Waals surface area (Å²) < 4.78 is 36.4.